The van der Waals surface area contributed by atoms with Gasteiger partial charge in [-0.1, -0.05) is 30.0 Å². The van der Waals surface area contributed by atoms with E-state index in [9.17, 15) is 14.7 Å². The maximum Gasteiger partial charge on any atom is 0.331 e. The van der Waals surface area contributed by atoms with Crippen molar-refractivity contribution in [3.8, 4) is 11.8 Å². The van der Waals surface area contributed by atoms with Gasteiger partial charge in [-0.25, -0.2) is 4.79 Å². The molecular formula is C20H19NO4. The number of aliphatic hydroxyl groups excluding tert-OH is 1. The fraction of sp³-hybridized carbons (Fsp3) is 0.200. The van der Waals surface area contributed by atoms with Gasteiger partial charge in [0.15, 0.2) is 6.04 Å². The zero-order valence-electron chi connectivity index (χ0n) is 14.0. The van der Waals surface area contributed by atoms with Crippen molar-refractivity contribution < 1.29 is 19.4 Å². The molecule has 2 aromatic rings. The lowest BCUT2D eigenvalue weighted by molar-refractivity contribution is -0.145. The quantitative estimate of drug-likeness (QED) is 0.658. The molecule has 2 unspecified atom stereocenters. The zero-order chi connectivity index (χ0) is 18.2. The van der Waals surface area contributed by atoms with Crippen LogP contribution in [0.15, 0.2) is 54.6 Å². The second kappa shape index (κ2) is 8.67. The van der Waals surface area contributed by atoms with Crippen molar-refractivity contribution in [2.75, 3.05) is 7.11 Å². The third kappa shape index (κ3) is 5.20. The monoisotopic (exact) mass is 337 g/mol. The molecule has 2 N–H and O–H groups in total. The largest absolute Gasteiger partial charge is 0.467 e. The summed E-state index contributed by atoms with van der Waals surface area (Å²) >= 11 is 0. The third-order valence-electron chi connectivity index (χ3n) is 3.50. The molecular weight excluding hydrogens is 318 g/mol. The predicted octanol–water partition coefficient (Wildman–Crippen LogP) is 1.74. The van der Waals surface area contributed by atoms with Crippen molar-refractivity contribution in [1.82, 2.24) is 5.32 Å². The number of carbonyl (C=O) groups is 2. The minimum Gasteiger partial charge on any atom is -0.467 e. The topological polar surface area (TPSA) is 75.6 Å². The number of nitrogens with one attached hydrogen (secondary N) is 1. The van der Waals surface area contributed by atoms with E-state index >= 15 is 0 Å². The Morgan fingerprint density at radius 1 is 1.00 bits per heavy atom. The second-order valence-electron chi connectivity index (χ2n) is 5.41. The van der Waals surface area contributed by atoms with E-state index in [1.165, 1.54) is 14.0 Å². The molecule has 2 atom stereocenters. The van der Waals surface area contributed by atoms with E-state index in [-0.39, 0.29) is 0 Å². The standard InChI is InChI=1S/C20H19NO4/c1-14(22)18(20(24)25-2)21-19(23)17-12-10-16(11-13-17)9-8-15-6-4-3-5-7-15/h3-7,10-14,18,22H,1-2H3,(H,21,23). The Labute approximate surface area is 146 Å². The number of methoxy groups -OCH3 is 1. The van der Waals surface area contributed by atoms with E-state index in [1.807, 2.05) is 30.3 Å². The fourth-order valence-electron chi connectivity index (χ4n) is 2.10. The van der Waals surface area contributed by atoms with E-state index in [4.69, 9.17) is 0 Å². The summed E-state index contributed by atoms with van der Waals surface area (Å²) in [4.78, 5) is 23.8. The van der Waals surface area contributed by atoms with Gasteiger partial charge in [-0.3, -0.25) is 4.79 Å². The Morgan fingerprint density at radius 2 is 1.56 bits per heavy atom. The molecule has 0 bridgehead atoms. The average molecular weight is 337 g/mol. The van der Waals surface area contributed by atoms with E-state index in [0.29, 0.717) is 5.56 Å². The highest BCUT2D eigenvalue weighted by Crippen LogP contribution is 2.06. The first-order chi connectivity index (χ1) is 12.0. The molecule has 25 heavy (non-hydrogen) atoms. The molecule has 0 saturated carbocycles. The van der Waals surface area contributed by atoms with Crippen LogP contribution in [0.3, 0.4) is 0 Å². The first-order valence-corrected chi connectivity index (χ1v) is 7.75. The third-order valence-corrected chi connectivity index (χ3v) is 3.50. The molecule has 2 aromatic carbocycles. The Kier molecular flexibility index (Phi) is 6.33. The molecule has 0 radical (unpaired) electrons. The molecule has 0 aliphatic carbocycles. The summed E-state index contributed by atoms with van der Waals surface area (Å²) in [6.45, 7) is 1.41. The Balaban J connectivity index is 2.07. The van der Waals surface area contributed by atoms with Crippen LogP contribution < -0.4 is 5.32 Å². The highest BCUT2D eigenvalue weighted by Gasteiger charge is 2.26. The summed E-state index contributed by atoms with van der Waals surface area (Å²) in [5.74, 6) is 4.88. The lowest BCUT2D eigenvalue weighted by Crippen LogP contribution is -2.48. The fourth-order valence-corrected chi connectivity index (χ4v) is 2.10. The number of esters is 1. The van der Waals surface area contributed by atoms with Gasteiger partial charge in [0.2, 0.25) is 0 Å². The lowest BCUT2D eigenvalue weighted by atomic mass is 10.1. The van der Waals surface area contributed by atoms with Crippen LogP contribution in [-0.4, -0.2) is 36.2 Å². The van der Waals surface area contributed by atoms with Crippen molar-refractivity contribution in [2.24, 2.45) is 0 Å². The van der Waals surface area contributed by atoms with E-state index in [0.717, 1.165) is 11.1 Å². The van der Waals surface area contributed by atoms with Crippen molar-refractivity contribution >= 4 is 11.9 Å². The number of benzene rings is 2. The number of ether oxygens (including phenoxy) is 1. The van der Waals surface area contributed by atoms with Crippen LogP contribution in [0.5, 0.6) is 0 Å². The Hall–Kier alpha value is -3.10. The molecule has 2 rings (SSSR count). The summed E-state index contributed by atoms with van der Waals surface area (Å²) in [6, 6.07) is 15.1. The van der Waals surface area contributed by atoms with Crippen LogP contribution in [-0.2, 0) is 9.53 Å². The van der Waals surface area contributed by atoms with Gasteiger partial charge in [0.25, 0.3) is 5.91 Å². The molecule has 0 spiro atoms. The molecule has 5 nitrogen and oxygen atoms in total. The smallest absolute Gasteiger partial charge is 0.331 e. The number of amides is 1. The molecule has 0 heterocycles. The van der Waals surface area contributed by atoms with Crippen LogP contribution in [0.1, 0.15) is 28.4 Å². The van der Waals surface area contributed by atoms with E-state index < -0.39 is 24.0 Å². The summed E-state index contributed by atoms with van der Waals surface area (Å²) in [6.07, 6.45) is -1.06. The minimum absolute atomic E-state index is 0.361. The maximum absolute atomic E-state index is 12.2. The molecule has 0 fully saturated rings. The molecule has 0 aromatic heterocycles. The predicted molar refractivity (Wildman–Crippen MR) is 93.8 cm³/mol. The minimum atomic E-state index is -1.12. The van der Waals surface area contributed by atoms with E-state index in [2.05, 4.69) is 21.9 Å². The number of carbonyl (C=O) groups excluding carboxylic acids is 2. The highest BCUT2D eigenvalue weighted by molar-refractivity contribution is 5.97. The molecule has 5 heteroatoms. The SMILES string of the molecule is COC(=O)C(NC(=O)c1ccc(C#Cc2ccccc2)cc1)C(C)O. The van der Waals surface area contributed by atoms with Crippen LogP contribution in [0.25, 0.3) is 0 Å². The van der Waals surface area contributed by atoms with Gasteiger partial charge in [-0.05, 0) is 43.3 Å². The van der Waals surface area contributed by atoms with Gasteiger partial charge in [-0.15, -0.1) is 0 Å². The Morgan fingerprint density at radius 3 is 2.08 bits per heavy atom. The summed E-state index contributed by atoms with van der Waals surface area (Å²) in [7, 11) is 1.20. The van der Waals surface area contributed by atoms with Gasteiger partial charge in [-0.2, -0.15) is 0 Å². The van der Waals surface area contributed by atoms with Crippen LogP contribution >= 0.6 is 0 Å². The highest BCUT2D eigenvalue weighted by atomic mass is 16.5. The van der Waals surface area contributed by atoms with Gasteiger partial charge in [0.05, 0.1) is 13.2 Å². The van der Waals surface area contributed by atoms with Crippen molar-refractivity contribution in [3.05, 3.63) is 71.3 Å². The number of hydrogen-bond donors (Lipinski definition) is 2. The maximum atomic E-state index is 12.2. The van der Waals surface area contributed by atoms with E-state index in [1.54, 1.807) is 24.3 Å². The normalized spacial score (nSPS) is 12.3. The van der Waals surface area contributed by atoms with Crippen LogP contribution in [0.2, 0.25) is 0 Å². The molecule has 1 amide bonds. The molecule has 0 aliphatic rings. The van der Waals surface area contributed by atoms with Gasteiger partial charge in [0.1, 0.15) is 0 Å². The van der Waals surface area contributed by atoms with Gasteiger partial charge >= 0.3 is 5.97 Å². The average Bonchev–Trinajstić information content (AvgIpc) is 2.64. The van der Waals surface area contributed by atoms with Crippen molar-refractivity contribution in [1.29, 1.82) is 0 Å². The Bertz CT molecular complexity index is 786. The molecule has 0 aliphatic heterocycles. The number of rotatable bonds is 4. The van der Waals surface area contributed by atoms with Crippen molar-refractivity contribution in [2.45, 2.75) is 19.1 Å². The van der Waals surface area contributed by atoms with Crippen molar-refractivity contribution in [3.63, 3.8) is 0 Å². The van der Waals surface area contributed by atoms with Gasteiger partial charge in [0, 0.05) is 16.7 Å². The summed E-state index contributed by atoms with van der Waals surface area (Å²) in [5.41, 5.74) is 2.03. The summed E-state index contributed by atoms with van der Waals surface area (Å²) in [5, 5.41) is 12.1. The number of aliphatic hydroxyl groups is 1. The first-order valence-electron chi connectivity index (χ1n) is 7.75. The van der Waals surface area contributed by atoms with Gasteiger partial charge < -0.3 is 15.2 Å². The number of hydrogen-bond acceptors (Lipinski definition) is 4. The van der Waals surface area contributed by atoms with Crippen LogP contribution in [0.4, 0.5) is 0 Å². The second-order valence-corrected chi connectivity index (χ2v) is 5.41. The lowest BCUT2D eigenvalue weighted by Gasteiger charge is -2.18. The van der Waals surface area contributed by atoms with Crippen LogP contribution in [0, 0.1) is 11.8 Å². The first kappa shape index (κ1) is 18.2. The molecule has 0 saturated heterocycles. The molecule has 128 valence electrons. The zero-order valence-corrected chi connectivity index (χ0v) is 14.0. The summed E-state index contributed by atoms with van der Waals surface area (Å²) < 4.78 is 4.57.